The summed E-state index contributed by atoms with van der Waals surface area (Å²) < 4.78 is 0.898. The molecular formula is C13H19ClN2S. The molecule has 2 aliphatic heterocycles. The van der Waals surface area contributed by atoms with Crippen molar-refractivity contribution in [2.75, 3.05) is 13.6 Å². The number of halogens is 1. The molecule has 0 saturated carbocycles. The maximum atomic E-state index is 5.96. The molecular weight excluding hydrogens is 252 g/mol. The Morgan fingerprint density at radius 2 is 2.35 bits per heavy atom. The first kappa shape index (κ1) is 12.0. The molecule has 2 fully saturated rings. The third kappa shape index (κ3) is 2.68. The summed E-state index contributed by atoms with van der Waals surface area (Å²) in [6.07, 6.45) is 4.15. The molecule has 17 heavy (non-hydrogen) atoms. The monoisotopic (exact) mass is 270 g/mol. The number of fused-ring (bicyclic) bond motifs is 2. The van der Waals surface area contributed by atoms with E-state index in [0.29, 0.717) is 0 Å². The van der Waals surface area contributed by atoms with Crippen LogP contribution in [0.5, 0.6) is 0 Å². The predicted octanol–water partition coefficient (Wildman–Crippen LogP) is 2.97. The lowest BCUT2D eigenvalue weighted by molar-refractivity contribution is 0.244. The minimum absolute atomic E-state index is 0.786. The van der Waals surface area contributed by atoms with E-state index < -0.39 is 0 Å². The molecule has 0 spiro atoms. The lowest BCUT2D eigenvalue weighted by atomic mass is 9.89. The number of hydrogen-bond donors (Lipinski definition) is 1. The van der Waals surface area contributed by atoms with E-state index in [2.05, 4.69) is 23.3 Å². The summed E-state index contributed by atoms with van der Waals surface area (Å²) in [6, 6.07) is 5.74. The van der Waals surface area contributed by atoms with Crippen molar-refractivity contribution in [3.05, 3.63) is 21.3 Å². The predicted molar refractivity (Wildman–Crippen MR) is 73.7 cm³/mol. The molecule has 1 N–H and O–H groups in total. The van der Waals surface area contributed by atoms with Gasteiger partial charge in [0, 0.05) is 30.1 Å². The molecule has 1 aromatic heterocycles. The summed E-state index contributed by atoms with van der Waals surface area (Å²) in [6.45, 7) is 2.24. The summed E-state index contributed by atoms with van der Waals surface area (Å²) in [4.78, 5) is 3.81. The molecule has 0 aliphatic carbocycles. The Hall–Kier alpha value is -0.0900. The van der Waals surface area contributed by atoms with E-state index in [1.54, 1.807) is 11.3 Å². The van der Waals surface area contributed by atoms with Gasteiger partial charge in [-0.15, -0.1) is 11.3 Å². The Labute approximate surface area is 112 Å². The van der Waals surface area contributed by atoms with E-state index in [1.165, 1.54) is 30.7 Å². The highest BCUT2D eigenvalue weighted by molar-refractivity contribution is 7.16. The van der Waals surface area contributed by atoms with Crippen molar-refractivity contribution in [3.63, 3.8) is 0 Å². The lowest BCUT2D eigenvalue weighted by Crippen LogP contribution is -2.32. The zero-order valence-corrected chi connectivity index (χ0v) is 11.7. The van der Waals surface area contributed by atoms with Gasteiger partial charge in [-0.1, -0.05) is 11.6 Å². The standard InChI is InChI=1S/C13H19ClN2S/c1-16(8-11-3-5-13(14)17-11)7-9-6-10-2-4-12(9)15-10/h3,5,9-10,12,15H,2,4,6-8H2,1H3. The van der Waals surface area contributed by atoms with Crippen molar-refractivity contribution < 1.29 is 0 Å². The summed E-state index contributed by atoms with van der Waals surface area (Å²) in [5.74, 6) is 0.856. The molecule has 2 saturated heterocycles. The number of thiophene rings is 1. The number of rotatable bonds is 4. The maximum Gasteiger partial charge on any atom is 0.0931 e. The van der Waals surface area contributed by atoms with Crippen LogP contribution in [0.4, 0.5) is 0 Å². The van der Waals surface area contributed by atoms with Crippen LogP contribution >= 0.6 is 22.9 Å². The van der Waals surface area contributed by atoms with Gasteiger partial charge in [0.1, 0.15) is 0 Å². The van der Waals surface area contributed by atoms with Gasteiger partial charge in [-0.05, 0) is 44.4 Å². The second-order valence-electron chi connectivity index (χ2n) is 5.45. The van der Waals surface area contributed by atoms with Gasteiger partial charge in [0.15, 0.2) is 0 Å². The zero-order chi connectivity index (χ0) is 11.8. The first-order valence-corrected chi connectivity index (χ1v) is 7.59. The highest BCUT2D eigenvalue weighted by atomic mass is 35.5. The Balaban J connectivity index is 1.52. The zero-order valence-electron chi connectivity index (χ0n) is 10.2. The Kier molecular flexibility index (Phi) is 3.44. The second-order valence-corrected chi connectivity index (χ2v) is 7.25. The molecule has 94 valence electrons. The molecule has 0 radical (unpaired) electrons. The molecule has 4 heteroatoms. The minimum atomic E-state index is 0.786. The van der Waals surface area contributed by atoms with E-state index in [0.717, 1.165) is 28.9 Å². The molecule has 3 atom stereocenters. The molecule has 2 nitrogen and oxygen atoms in total. The van der Waals surface area contributed by atoms with E-state index in [-0.39, 0.29) is 0 Å². The number of hydrogen-bond acceptors (Lipinski definition) is 3. The molecule has 1 aromatic rings. The van der Waals surface area contributed by atoms with Gasteiger partial charge in [0.05, 0.1) is 4.34 Å². The smallest absolute Gasteiger partial charge is 0.0931 e. The third-order valence-electron chi connectivity index (χ3n) is 4.03. The van der Waals surface area contributed by atoms with Crippen LogP contribution in [0.1, 0.15) is 24.1 Å². The topological polar surface area (TPSA) is 15.3 Å². The summed E-state index contributed by atoms with van der Waals surface area (Å²) in [5.41, 5.74) is 0. The van der Waals surface area contributed by atoms with Crippen LogP contribution in [-0.4, -0.2) is 30.6 Å². The molecule has 0 amide bonds. The van der Waals surface area contributed by atoms with Crippen molar-refractivity contribution in [1.82, 2.24) is 10.2 Å². The third-order valence-corrected chi connectivity index (χ3v) is 5.25. The Morgan fingerprint density at radius 3 is 2.94 bits per heavy atom. The van der Waals surface area contributed by atoms with Crippen LogP contribution in [0, 0.1) is 5.92 Å². The fraction of sp³-hybridized carbons (Fsp3) is 0.692. The van der Waals surface area contributed by atoms with E-state index in [1.807, 2.05) is 6.07 Å². The van der Waals surface area contributed by atoms with Gasteiger partial charge in [0.25, 0.3) is 0 Å². The van der Waals surface area contributed by atoms with Crippen molar-refractivity contribution in [1.29, 1.82) is 0 Å². The quantitative estimate of drug-likeness (QED) is 0.905. The van der Waals surface area contributed by atoms with Crippen LogP contribution in [0.3, 0.4) is 0 Å². The van der Waals surface area contributed by atoms with Crippen LogP contribution in [0.25, 0.3) is 0 Å². The summed E-state index contributed by atoms with van der Waals surface area (Å²) >= 11 is 7.65. The van der Waals surface area contributed by atoms with Crippen molar-refractivity contribution in [2.24, 2.45) is 5.92 Å². The highest BCUT2D eigenvalue weighted by Crippen LogP contribution is 2.33. The van der Waals surface area contributed by atoms with E-state index >= 15 is 0 Å². The normalized spacial score (nSPS) is 31.6. The molecule has 0 aromatic carbocycles. The van der Waals surface area contributed by atoms with Crippen LogP contribution < -0.4 is 5.32 Å². The molecule has 3 unspecified atom stereocenters. The van der Waals surface area contributed by atoms with Crippen LogP contribution in [0.15, 0.2) is 12.1 Å². The van der Waals surface area contributed by atoms with Gasteiger partial charge in [-0.25, -0.2) is 0 Å². The van der Waals surface area contributed by atoms with E-state index in [4.69, 9.17) is 11.6 Å². The largest absolute Gasteiger partial charge is 0.311 e. The average Bonchev–Trinajstić information content (AvgIpc) is 2.95. The van der Waals surface area contributed by atoms with Crippen molar-refractivity contribution in [3.8, 4) is 0 Å². The first-order chi connectivity index (χ1) is 8.20. The first-order valence-electron chi connectivity index (χ1n) is 6.39. The molecule has 2 bridgehead atoms. The average molecular weight is 271 g/mol. The minimum Gasteiger partial charge on any atom is -0.311 e. The van der Waals surface area contributed by atoms with Crippen molar-refractivity contribution in [2.45, 2.75) is 37.9 Å². The molecule has 3 heterocycles. The molecule has 3 rings (SSSR count). The number of nitrogens with one attached hydrogen (secondary N) is 1. The van der Waals surface area contributed by atoms with Gasteiger partial charge >= 0.3 is 0 Å². The van der Waals surface area contributed by atoms with Gasteiger partial charge in [0.2, 0.25) is 0 Å². The summed E-state index contributed by atoms with van der Waals surface area (Å²) in [5, 5.41) is 3.71. The Morgan fingerprint density at radius 1 is 1.47 bits per heavy atom. The lowest BCUT2D eigenvalue weighted by Gasteiger charge is -2.25. The van der Waals surface area contributed by atoms with E-state index in [9.17, 15) is 0 Å². The second kappa shape index (κ2) is 4.88. The summed E-state index contributed by atoms with van der Waals surface area (Å²) in [7, 11) is 2.22. The highest BCUT2D eigenvalue weighted by Gasteiger charge is 2.39. The fourth-order valence-corrected chi connectivity index (χ4v) is 4.47. The van der Waals surface area contributed by atoms with Gasteiger partial charge in [-0.3, -0.25) is 0 Å². The fourth-order valence-electron chi connectivity index (χ4n) is 3.31. The molecule has 2 aliphatic rings. The SMILES string of the molecule is CN(Cc1ccc(Cl)s1)CC1CC2CCC1N2. The van der Waals surface area contributed by atoms with Gasteiger partial charge < -0.3 is 10.2 Å². The van der Waals surface area contributed by atoms with Crippen LogP contribution in [-0.2, 0) is 6.54 Å². The maximum absolute atomic E-state index is 5.96. The van der Waals surface area contributed by atoms with Crippen molar-refractivity contribution >= 4 is 22.9 Å². The van der Waals surface area contributed by atoms with Crippen LogP contribution in [0.2, 0.25) is 4.34 Å². The van der Waals surface area contributed by atoms with Gasteiger partial charge in [-0.2, -0.15) is 0 Å². The number of nitrogens with zero attached hydrogens (tertiary/aromatic N) is 1. The Bertz CT molecular complexity index is 393.